The zero-order valence-electron chi connectivity index (χ0n) is 22.5. The number of nitrogens with one attached hydrogen (secondary N) is 2. The second kappa shape index (κ2) is 11.7. The molecule has 9 nitrogen and oxygen atoms in total. The van der Waals surface area contributed by atoms with Crippen molar-refractivity contribution in [1.82, 2.24) is 24.2 Å². The topological polar surface area (TPSA) is 109 Å². The lowest BCUT2D eigenvalue weighted by Crippen LogP contribution is -2.38. The van der Waals surface area contributed by atoms with Gasteiger partial charge in [-0.2, -0.15) is 9.61 Å². The van der Waals surface area contributed by atoms with Gasteiger partial charge in [0.15, 0.2) is 5.65 Å². The second-order valence-corrected chi connectivity index (χ2v) is 12.1. The van der Waals surface area contributed by atoms with E-state index in [1.807, 2.05) is 6.92 Å². The second-order valence-electron chi connectivity index (χ2n) is 9.99. The molecule has 1 fully saturated rings. The zero-order chi connectivity index (χ0) is 29.3. The van der Waals surface area contributed by atoms with Gasteiger partial charge in [0.25, 0.3) is 5.91 Å². The number of hydrogen-bond donors (Lipinski definition) is 2. The Labute approximate surface area is 241 Å². The molecule has 1 aliphatic rings. The average Bonchev–Trinajstić information content (AvgIpc) is 3.41. The molecule has 2 aromatic heterocycles. The molecule has 1 aliphatic heterocycles. The Bertz CT molecular complexity index is 1700. The predicted molar refractivity (Wildman–Crippen MR) is 152 cm³/mol. The number of benzene rings is 2. The fourth-order valence-corrected chi connectivity index (χ4v) is 6.28. The van der Waals surface area contributed by atoms with Crippen molar-refractivity contribution >= 4 is 44.7 Å². The van der Waals surface area contributed by atoms with E-state index in [1.165, 1.54) is 35.1 Å². The van der Waals surface area contributed by atoms with Crippen molar-refractivity contribution in [3.05, 3.63) is 82.1 Å². The molecule has 0 saturated carbocycles. The molecule has 3 heterocycles. The summed E-state index contributed by atoms with van der Waals surface area (Å²) in [5, 5.41) is 7.41. The molecule has 0 spiro atoms. The van der Waals surface area contributed by atoms with E-state index in [4.69, 9.17) is 11.6 Å². The first-order valence-corrected chi connectivity index (χ1v) is 15.1. The molecule has 0 bridgehead atoms. The highest BCUT2D eigenvalue weighted by atomic mass is 35.5. The van der Waals surface area contributed by atoms with Crippen LogP contribution in [0.4, 0.5) is 20.3 Å². The zero-order valence-corrected chi connectivity index (χ0v) is 24.1. The minimum absolute atomic E-state index is 0.0117. The first-order chi connectivity index (χ1) is 19.6. The Hall–Kier alpha value is -3.61. The lowest BCUT2D eigenvalue weighted by atomic mass is 9.89. The Balaban J connectivity index is 1.51. The Morgan fingerprint density at radius 1 is 1.12 bits per heavy atom. The number of sulfonamides is 1. The van der Waals surface area contributed by atoms with Crippen molar-refractivity contribution in [2.75, 3.05) is 25.0 Å². The monoisotopic (exact) mass is 602 g/mol. The number of anilines is 2. The van der Waals surface area contributed by atoms with Crippen molar-refractivity contribution in [2.24, 2.45) is 0 Å². The molecule has 0 radical (unpaired) electrons. The highest BCUT2D eigenvalue weighted by molar-refractivity contribution is 7.89. The number of fused-ring (bicyclic) bond motifs is 1. The Morgan fingerprint density at radius 3 is 2.51 bits per heavy atom. The molecule has 2 aromatic carbocycles. The van der Waals surface area contributed by atoms with Crippen molar-refractivity contribution in [3.8, 4) is 0 Å². The summed E-state index contributed by atoms with van der Waals surface area (Å²) in [6, 6.07) is 9.06. The van der Waals surface area contributed by atoms with Crippen LogP contribution in [0.2, 0.25) is 5.02 Å². The molecule has 4 aromatic rings. The summed E-state index contributed by atoms with van der Waals surface area (Å²) < 4.78 is 57.1. The molecule has 216 valence electrons. The molecule has 1 saturated heterocycles. The SMILES string of the molecule is CCCNS(=O)(=O)c1cnn2c(Nc3cc(C)c(F)cc3Cl)c(C(=O)N3CCC(c4ccc(F)cc4)CC3)cnc12. The lowest BCUT2D eigenvalue weighted by molar-refractivity contribution is 0.0713. The van der Waals surface area contributed by atoms with Crippen LogP contribution >= 0.6 is 11.6 Å². The number of likely N-dealkylation sites (tertiary alicyclic amines) is 1. The summed E-state index contributed by atoms with van der Waals surface area (Å²) in [4.78, 5) is 19.7. The van der Waals surface area contributed by atoms with E-state index in [0.717, 1.165) is 11.6 Å². The summed E-state index contributed by atoms with van der Waals surface area (Å²) in [5.41, 5.74) is 1.81. The third-order valence-electron chi connectivity index (χ3n) is 7.18. The maximum absolute atomic E-state index is 14.1. The van der Waals surface area contributed by atoms with Crippen LogP contribution in [0.3, 0.4) is 0 Å². The number of rotatable bonds is 8. The van der Waals surface area contributed by atoms with Crippen LogP contribution in [0.5, 0.6) is 0 Å². The number of aromatic nitrogens is 3. The molecule has 5 rings (SSSR count). The quantitative estimate of drug-likeness (QED) is 0.279. The van der Waals surface area contributed by atoms with E-state index >= 15 is 0 Å². The summed E-state index contributed by atoms with van der Waals surface area (Å²) >= 11 is 6.33. The van der Waals surface area contributed by atoms with Gasteiger partial charge in [-0.05, 0) is 67.5 Å². The highest BCUT2D eigenvalue weighted by Gasteiger charge is 2.29. The van der Waals surface area contributed by atoms with Gasteiger partial charge < -0.3 is 10.2 Å². The largest absolute Gasteiger partial charge is 0.338 e. The van der Waals surface area contributed by atoms with Crippen LogP contribution in [0, 0.1) is 18.6 Å². The van der Waals surface area contributed by atoms with Gasteiger partial charge in [-0.15, -0.1) is 0 Å². The van der Waals surface area contributed by atoms with Gasteiger partial charge in [-0.25, -0.2) is 26.9 Å². The molecule has 13 heteroatoms. The van der Waals surface area contributed by atoms with Gasteiger partial charge in [0.05, 0.1) is 16.9 Å². The van der Waals surface area contributed by atoms with Gasteiger partial charge in [0.2, 0.25) is 10.0 Å². The fourth-order valence-electron chi connectivity index (χ4n) is 4.89. The van der Waals surface area contributed by atoms with E-state index in [-0.39, 0.29) is 51.1 Å². The van der Waals surface area contributed by atoms with Crippen LogP contribution in [0.15, 0.2) is 53.7 Å². The summed E-state index contributed by atoms with van der Waals surface area (Å²) in [6.07, 6.45) is 4.46. The summed E-state index contributed by atoms with van der Waals surface area (Å²) in [5.74, 6) is -0.788. The fraction of sp³-hybridized carbons (Fsp3) is 0.321. The molecule has 0 aliphatic carbocycles. The molecule has 0 atom stereocenters. The number of piperidine rings is 1. The summed E-state index contributed by atoms with van der Waals surface area (Å²) in [6.45, 7) is 4.56. The highest BCUT2D eigenvalue weighted by Crippen LogP contribution is 2.33. The molecular weight excluding hydrogens is 574 g/mol. The maximum atomic E-state index is 14.1. The molecular formula is C28H29ClF2N6O3S. The van der Waals surface area contributed by atoms with E-state index in [0.29, 0.717) is 43.6 Å². The maximum Gasteiger partial charge on any atom is 0.259 e. The molecule has 1 amide bonds. The third kappa shape index (κ3) is 5.90. The lowest BCUT2D eigenvalue weighted by Gasteiger charge is -2.32. The summed E-state index contributed by atoms with van der Waals surface area (Å²) in [7, 11) is -3.92. The van der Waals surface area contributed by atoms with Crippen molar-refractivity contribution in [2.45, 2.75) is 43.9 Å². The first kappa shape index (κ1) is 28.9. The van der Waals surface area contributed by atoms with Crippen molar-refractivity contribution in [1.29, 1.82) is 0 Å². The normalized spacial score (nSPS) is 14.5. The van der Waals surface area contributed by atoms with Gasteiger partial charge >= 0.3 is 0 Å². The number of aryl methyl sites for hydroxylation is 1. The van der Waals surface area contributed by atoms with Gasteiger partial charge in [0, 0.05) is 25.8 Å². The van der Waals surface area contributed by atoms with Gasteiger partial charge in [-0.3, -0.25) is 4.79 Å². The minimum atomic E-state index is -3.92. The van der Waals surface area contributed by atoms with Crippen LogP contribution in [0.25, 0.3) is 5.65 Å². The van der Waals surface area contributed by atoms with E-state index in [1.54, 1.807) is 24.0 Å². The minimum Gasteiger partial charge on any atom is -0.338 e. The van der Waals surface area contributed by atoms with Gasteiger partial charge in [0.1, 0.15) is 27.9 Å². The van der Waals surface area contributed by atoms with Crippen LogP contribution < -0.4 is 10.0 Å². The van der Waals surface area contributed by atoms with E-state index < -0.39 is 15.8 Å². The number of carbonyl (C=O) groups is 1. The number of amides is 1. The number of hydrogen-bond acceptors (Lipinski definition) is 6. The van der Waals surface area contributed by atoms with Crippen LogP contribution in [-0.4, -0.2) is 53.5 Å². The van der Waals surface area contributed by atoms with E-state index in [9.17, 15) is 22.0 Å². The predicted octanol–water partition coefficient (Wildman–Crippen LogP) is 5.42. The standard InChI is InChI=1S/C28H29ClF2N6O3S/c1-3-10-34-41(39,40)25-16-33-37-26(35-24-13-17(2)23(31)14-22(24)29)21(15-32-27(25)37)28(38)36-11-8-19(9-12-36)18-4-6-20(30)7-5-18/h4-7,13-16,19,34-35H,3,8-12H2,1-2H3. The third-order valence-corrected chi connectivity index (χ3v) is 8.95. The smallest absolute Gasteiger partial charge is 0.259 e. The first-order valence-electron chi connectivity index (χ1n) is 13.2. The van der Waals surface area contributed by atoms with Crippen LogP contribution in [-0.2, 0) is 10.0 Å². The Kier molecular flexibility index (Phi) is 8.25. The molecule has 41 heavy (non-hydrogen) atoms. The number of nitrogens with zero attached hydrogens (tertiary/aromatic N) is 4. The number of carbonyl (C=O) groups excluding carboxylic acids is 1. The van der Waals surface area contributed by atoms with Crippen molar-refractivity contribution < 1.29 is 22.0 Å². The molecule has 2 N–H and O–H groups in total. The average molecular weight is 603 g/mol. The Morgan fingerprint density at radius 2 is 1.83 bits per heavy atom. The van der Waals surface area contributed by atoms with Gasteiger partial charge in [-0.1, -0.05) is 30.7 Å². The van der Waals surface area contributed by atoms with E-state index in [2.05, 4.69) is 20.1 Å². The van der Waals surface area contributed by atoms with Crippen LogP contribution in [0.1, 0.15) is 53.6 Å². The molecule has 0 unspecified atom stereocenters. The number of halogens is 3. The van der Waals surface area contributed by atoms with Crippen molar-refractivity contribution in [3.63, 3.8) is 0 Å².